The van der Waals surface area contributed by atoms with Gasteiger partial charge in [-0.1, -0.05) is 32.4 Å². The fourth-order valence-corrected chi connectivity index (χ4v) is 5.13. The van der Waals surface area contributed by atoms with Crippen LogP contribution in [0.15, 0.2) is 35.2 Å². The highest BCUT2D eigenvalue weighted by Gasteiger charge is 2.57. The molecular weight excluding hydrogens is 526 g/mol. The van der Waals surface area contributed by atoms with E-state index < -0.39 is 23.6 Å². The number of nitrogens with zero attached hydrogens (tertiary/aromatic N) is 4. The summed E-state index contributed by atoms with van der Waals surface area (Å²) in [5.41, 5.74) is 6.76. The van der Waals surface area contributed by atoms with Gasteiger partial charge >= 0.3 is 0 Å². The summed E-state index contributed by atoms with van der Waals surface area (Å²) in [5.74, 6) is 0. The van der Waals surface area contributed by atoms with Crippen molar-refractivity contribution in [3.63, 3.8) is 0 Å². The van der Waals surface area contributed by atoms with Crippen molar-refractivity contribution in [2.45, 2.75) is 77.1 Å². The summed E-state index contributed by atoms with van der Waals surface area (Å²) in [4.78, 5) is 8.84. The van der Waals surface area contributed by atoms with Gasteiger partial charge in [-0.2, -0.15) is 5.26 Å². The third-order valence-corrected chi connectivity index (χ3v) is 7.98. The first-order valence-corrected chi connectivity index (χ1v) is 13.3. The number of hydrazine groups is 2. The predicted octanol–water partition coefficient (Wildman–Crippen LogP) is 5.17. The number of hydrogen-bond acceptors (Lipinski definition) is 9. The molecule has 0 amide bonds. The van der Waals surface area contributed by atoms with E-state index >= 15 is 0 Å². The Bertz CT molecular complexity index is 1380. The van der Waals surface area contributed by atoms with Crippen LogP contribution in [0, 0.1) is 16.7 Å². The first kappa shape index (κ1) is 27.2. The smallest absolute Gasteiger partial charge is 0.262 e. The van der Waals surface area contributed by atoms with Crippen LogP contribution in [0.4, 0.5) is 20.2 Å². The highest BCUT2D eigenvalue weighted by atomic mass is 35.5. The van der Waals surface area contributed by atoms with Crippen LogP contribution in [0.5, 0.6) is 0 Å². The molecule has 1 aromatic carbocycles. The van der Waals surface area contributed by atoms with Gasteiger partial charge in [0.05, 0.1) is 33.5 Å². The fraction of sp³-hybridized carbons (Fsp3) is 0.519. The van der Waals surface area contributed by atoms with Gasteiger partial charge in [0, 0.05) is 30.0 Å². The topological polar surface area (TPSA) is 110 Å². The van der Waals surface area contributed by atoms with Crippen LogP contribution < -0.4 is 21.6 Å². The molecule has 0 radical (unpaired) electrons. The number of halogens is 3. The normalized spacial score (nSPS) is 24.3. The molecule has 1 aromatic heterocycles. The van der Waals surface area contributed by atoms with Gasteiger partial charge in [-0.15, -0.1) is 5.53 Å². The molecule has 9 nitrogen and oxygen atoms in total. The van der Waals surface area contributed by atoms with Crippen LogP contribution in [0.2, 0.25) is 5.02 Å². The molecule has 1 saturated carbocycles. The van der Waals surface area contributed by atoms with E-state index in [2.05, 4.69) is 58.4 Å². The largest absolute Gasteiger partial charge is 0.473 e. The Hall–Kier alpha value is -3.36. The Morgan fingerprint density at radius 2 is 2.08 bits per heavy atom. The Morgan fingerprint density at radius 3 is 2.67 bits per heavy atom. The van der Waals surface area contributed by atoms with E-state index in [9.17, 15) is 14.0 Å². The molecule has 3 atom stereocenters. The molecule has 2 aromatic rings. The molecule has 0 spiro atoms. The number of rotatable bonds is 8. The van der Waals surface area contributed by atoms with Crippen LogP contribution in [0.3, 0.4) is 0 Å². The molecule has 4 N–H and O–H groups in total. The lowest BCUT2D eigenvalue weighted by Crippen LogP contribution is -2.54. The molecule has 3 aliphatic rings. The lowest BCUT2D eigenvalue weighted by molar-refractivity contribution is 0.00898. The summed E-state index contributed by atoms with van der Waals surface area (Å²) in [7, 11) is 0. The number of nitriles is 1. The zero-order valence-corrected chi connectivity index (χ0v) is 23.3. The minimum Gasteiger partial charge on any atom is -0.473 e. The number of benzene rings is 1. The maximum Gasteiger partial charge on any atom is 0.262 e. The van der Waals surface area contributed by atoms with Crippen molar-refractivity contribution in [3.8, 4) is 6.07 Å². The van der Waals surface area contributed by atoms with Gasteiger partial charge in [0.15, 0.2) is 12.0 Å². The highest BCUT2D eigenvalue weighted by Crippen LogP contribution is 2.47. The third kappa shape index (κ3) is 4.92. The molecule has 39 heavy (non-hydrogen) atoms. The Balaban J connectivity index is 1.55. The first-order chi connectivity index (χ1) is 18.4. The summed E-state index contributed by atoms with van der Waals surface area (Å²) >= 11 is 6.71. The summed E-state index contributed by atoms with van der Waals surface area (Å²) in [5, 5.41) is 19.3. The van der Waals surface area contributed by atoms with Crippen molar-refractivity contribution in [1.29, 1.82) is 5.26 Å². The maximum absolute atomic E-state index is 13.8. The molecule has 5 rings (SSSR count). The quantitative estimate of drug-likeness (QED) is 0.351. The number of fused-ring (bicyclic) bond motifs is 1. The molecule has 3 heterocycles. The van der Waals surface area contributed by atoms with Gasteiger partial charge in [0.25, 0.3) is 6.43 Å². The molecule has 2 aliphatic heterocycles. The van der Waals surface area contributed by atoms with Crippen LogP contribution in [0.1, 0.15) is 53.0 Å². The summed E-state index contributed by atoms with van der Waals surface area (Å²) < 4.78 is 33.6. The van der Waals surface area contributed by atoms with E-state index in [0.29, 0.717) is 57.9 Å². The van der Waals surface area contributed by atoms with Crippen molar-refractivity contribution in [1.82, 2.24) is 21.0 Å². The van der Waals surface area contributed by atoms with Gasteiger partial charge in [-0.25, -0.2) is 8.78 Å². The predicted molar refractivity (Wildman–Crippen MR) is 148 cm³/mol. The van der Waals surface area contributed by atoms with Crippen molar-refractivity contribution in [3.05, 3.63) is 40.8 Å². The number of aliphatic imine (C=N–C) groups is 1. The summed E-state index contributed by atoms with van der Waals surface area (Å²) in [6.45, 7) is 10.8. The summed E-state index contributed by atoms with van der Waals surface area (Å²) in [6, 6.07) is 5.10. The van der Waals surface area contributed by atoms with Gasteiger partial charge in [-0.3, -0.25) is 15.0 Å². The van der Waals surface area contributed by atoms with Crippen LogP contribution in [-0.2, 0) is 4.74 Å². The molecule has 0 bridgehead atoms. The fourth-order valence-electron chi connectivity index (χ4n) is 4.87. The Kier molecular flexibility index (Phi) is 6.75. The van der Waals surface area contributed by atoms with Crippen LogP contribution in [0.25, 0.3) is 10.9 Å². The standard InChI is InChI=1S/C27H33ClF2N8O/c1-15-26(5,39-14-34-15)23(20-12-38(37-36-20)27(6-7-27)24(29)30)35-17-8-18-21(33-13-25(2,3)4)16(10-31)11-32-22(18)19(28)9-17/h8-9,11-12,14-15,23-24,35-37H,6-7,13H2,1-5H3,(H,32,33)/t15?,23-,26?/m1/s1. The van der Waals surface area contributed by atoms with Crippen molar-refractivity contribution in [2.75, 3.05) is 17.2 Å². The van der Waals surface area contributed by atoms with Gasteiger partial charge < -0.3 is 20.8 Å². The zero-order valence-electron chi connectivity index (χ0n) is 22.6. The number of ether oxygens (including phenoxy) is 1. The van der Waals surface area contributed by atoms with E-state index in [1.807, 2.05) is 19.9 Å². The lowest BCUT2D eigenvalue weighted by atomic mass is 9.87. The van der Waals surface area contributed by atoms with Gasteiger partial charge in [0.2, 0.25) is 0 Å². The zero-order chi connectivity index (χ0) is 28.2. The highest BCUT2D eigenvalue weighted by molar-refractivity contribution is 6.35. The lowest BCUT2D eigenvalue weighted by Gasteiger charge is -2.37. The third-order valence-electron chi connectivity index (χ3n) is 7.69. The maximum atomic E-state index is 13.8. The number of anilines is 2. The molecule has 0 saturated heterocycles. The molecule has 1 fully saturated rings. The monoisotopic (exact) mass is 558 g/mol. The second-order valence-electron chi connectivity index (χ2n) is 11.8. The molecule has 1 aliphatic carbocycles. The average molecular weight is 559 g/mol. The van der Waals surface area contributed by atoms with Crippen LogP contribution in [-0.4, -0.2) is 52.6 Å². The molecular formula is C27H33ClF2N8O. The molecule has 208 valence electrons. The SMILES string of the molecule is CC1N=COC1(C)[C@H](Nc1cc(Cl)c2ncc(C#N)c(NCC(C)(C)C)c2c1)C1=CN(C2(C(F)F)CC2)NN1. The number of alkyl halides is 2. The van der Waals surface area contributed by atoms with E-state index in [1.54, 1.807) is 12.3 Å². The second-order valence-corrected chi connectivity index (χ2v) is 12.2. The Morgan fingerprint density at radius 1 is 1.33 bits per heavy atom. The number of hydrogen-bond donors (Lipinski definition) is 4. The van der Waals surface area contributed by atoms with Gasteiger partial charge in [-0.05, 0) is 44.2 Å². The van der Waals surface area contributed by atoms with Crippen molar-refractivity contribution in [2.24, 2.45) is 10.4 Å². The van der Waals surface area contributed by atoms with Gasteiger partial charge in [0.1, 0.15) is 17.6 Å². The average Bonchev–Trinajstić information content (AvgIpc) is 3.43. The van der Waals surface area contributed by atoms with E-state index in [4.69, 9.17) is 16.3 Å². The van der Waals surface area contributed by atoms with E-state index in [0.717, 1.165) is 0 Å². The second kappa shape index (κ2) is 9.68. The van der Waals surface area contributed by atoms with Crippen LogP contribution >= 0.6 is 11.6 Å². The minimum atomic E-state index is -2.49. The number of aromatic nitrogens is 1. The summed E-state index contributed by atoms with van der Waals surface area (Å²) in [6.07, 6.45) is 2.92. The molecule has 2 unspecified atom stereocenters. The number of nitrogens with one attached hydrogen (secondary N) is 4. The van der Waals surface area contributed by atoms with Crippen molar-refractivity contribution >= 4 is 40.3 Å². The van der Waals surface area contributed by atoms with Crippen molar-refractivity contribution < 1.29 is 13.5 Å². The minimum absolute atomic E-state index is 0.0335. The van der Waals surface area contributed by atoms with E-state index in [1.165, 1.54) is 17.6 Å². The Labute approximate surface area is 231 Å². The van der Waals surface area contributed by atoms with E-state index in [-0.39, 0.29) is 11.5 Å². The first-order valence-electron chi connectivity index (χ1n) is 12.9. The molecule has 12 heteroatoms. The number of pyridine rings is 1.